The average Bonchev–Trinajstić information content (AvgIpc) is 3.19. The largest absolute Gasteiger partial charge is 0.299 e. The van der Waals surface area contributed by atoms with E-state index in [4.69, 9.17) is 9.97 Å². The van der Waals surface area contributed by atoms with Crippen molar-refractivity contribution in [3.63, 3.8) is 0 Å². The number of hydrogen-bond donors (Lipinski definition) is 0. The molecule has 0 aliphatic carbocycles. The zero-order valence-electron chi connectivity index (χ0n) is 29.1. The lowest BCUT2D eigenvalue weighted by molar-refractivity contribution is 1.11. The topological polar surface area (TPSA) is 30.7 Å². The van der Waals surface area contributed by atoms with Crippen LogP contribution in [0.15, 0.2) is 157 Å². The van der Waals surface area contributed by atoms with Crippen LogP contribution < -0.4 is 0 Å². The van der Waals surface area contributed by atoms with Crippen molar-refractivity contribution in [3.05, 3.63) is 169 Å². The van der Waals surface area contributed by atoms with Crippen molar-refractivity contribution in [2.24, 2.45) is 0 Å². The van der Waals surface area contributed by atoms with Crippen molar-refractivity contribution < 1.29 is 0 Å². The molecular weight excluding hydrogens is 607 g/mol. The summed E-state index contributed by atoms with van der Waals surface area (Å²) >= 11 is 0. The van der Waals surface area contributed by atoms with E-state index in [2.05, 4.69) is 140 Å². The smallest absolute Gasteiger partial charge is 0.145 e. The SMILES string of the molecule is C/C=C\C(C)=C/Cc1c2ccccc2c(-c2ccc3cc(-c4nc5ccnc6ccccc6n4/C=C\C=C/5)ccc3c2)c2ccccc12.CC. The molecule has 0 atom stereocenters. The number of nitrogens with zero attached hydrogens (tertiary/aromatic N) is 3. The molecule has 0 amide bonds. The van der Waals surface area contributed by atoms with Crippen LogP contribution in [0.4, 0.5) is 0 Å². The van der Waals surface area contributed by atoms with Gasteiger partial charge in [-0.25, -0.2) is 4.98 Å². The Hall–Kier alpha value is -6.06. The number of rotatable bonds is 5. The average molecular weight is 648 g/mol. The molecule has 0 saturated heterocycles. The highest BCUT2D eigenvalue weighted by atomic mass is 15.0. The van der Waals surface area contributed by atoms with Gasteiger partial charge in [0.25, 0.3) is 0 Å². The van der Waals surface area contributed by atoms with Crippen molar-refractivity contribution in [1.29, 1.82) is 0 Å². The third-order valence-electron chi connectivity index (χ3n) is 9.16. The second kappa shape index (κ2) is 14.6. The number of fused-ring (bicyclic) bond motifs is 8. The van der Waals surface area contributed by atoms with Crippen LogP contribution in [0.3, 0.4) is 0 Å². The lowest BCUT2D eigenvalue weighted by Crippen LogP contribution is -1.99. The van der Waals surface area contributed by atoms with Crippen molar-refractivity contribution in [2.75, 3.05) is 0 Å². The van der Waals surface area contributed by atoms with E-state index in [1.54, 1.807) is 0 Å². The Bertz CT molecular complexity index is 2500. The molecule has 0 N–H and O–H groups in total. The van der Waals surface area contributed by atoms with E-state index in [0.29, 0.717) is 0 Å². The van der Waals surface area contributed by atoms with Crippen LogP contribution in [0.25, 0.3) is 78.1 Å². The molecule has 2 heterocycles. The summed E-state index contributed by atoms with van der Waals surface area (Å²) in [5.74, 6) is 0.858. The first-order chi connectivity index (χ1) is 24.7. The Morgan fingerprint density at radius 2 is 1.34 bits per heavy atom. The van der Waals surface area contributed by atoms with E-state index in [-0.39, 0.29) is 0 Å². The van der Waals surface area contributed by atoms with Gasteiger partial charge in [0.1, 0.15) is 5.82 Å². The Morgan fingerprint density at radius 1 is 0.700 bits per heavy atom. The minimum absolute atomic E-state index is 0.848. The van der Waals surface area contributed by atoms with Gasteiger partial charge in [-0.1, -0.05) is 129 Å². The van der Waals surface area contributed by atoms with Gasteiger partial charge in [-0.3, -0.25) is 9.55 Å². The van der Waals surface area contributed by atoms with Crippen LogP contribution in [0.1, 0.15) is 39.0 Å². The van der Waals surface area contributed by atoms with Gasteiger partial charge in [-0.15, -0.1) is 0 Å². The first-order valence-electron chi connectivity index (χ1n) is 17.5. The Labute approximate surface area is 294 Å². The van der Waals surface area contributed by atoms with Gasteiger partial charge in [0.05, 0.1) is 16.7 Å². The number of benzene rings is 6. The van der Waals surface area contributed by atoms with Crippen molar-refractivity contribution in [2.45, 2.75) is 34.1 Å². The summed E-state index contributed by atoms with van der Waals surface area (Å²) in [6, 6.07) is 41.4. The summed E-state index contributed by atoms with van der Waals surface area (Å²) in [4.78, 5) is 9.87. The molecule has 7 aromatic rings. The molecule has 244 valence electrons. The molecule has 8 rings (SSSR count). The van der Waals surface area contributed by atoms with E-state index < -0.39 is 0 Å². The van der Waals surface area contributed by atoms with E-state index in [0.717, 1.165) is 34.5 Å². The maximum absolute atomic E-state index is 5.14. The van der Waals surface area contributed by atoms with Crippen LogP contribution in [0.2, 0.25) is 0 Å². The molecule has 1 aliphatic rings. The summed E-state index contributed by atoms with van der Waals surface area (Å²) in [6.07, 6.45) is 17.5. The molecule has 0 fully saturated rings. The zero-order chi connectivity index (χ0) is 34.5. The molecule has 0 radical (unpaired) electrons. The fourth-order valence-electron chi connectivity index (χ4n) is 6.92. The molecule has 3 nitrogen and oxygen atoms in total. The molecule has 0 saturated carbocycles. The molecule has 1 aromatic heterocycles. The van der Waals surface area contributed by atoms with Crippen LogP contribution in [0, 0.1) is 0 Å². The summed E-state index contributed by atoms with van der Waals surface area (Å²) in [5.41, 5.74) is 8.92. The third kappa shape index (κ3) is 6.26. The molecule has 0 unspecified atom stereocenters. The van der Waals surface area contributed by atoms with Gasteiger partial charge < -0.3 is 0 Å². The number of allylic oxidation sites excluding steroid dienone is 6. The summed E-state index contributed by atoms with van der Waals surface area (Å²) in [5, 5.41) is 7.53. The minimum atomic E-state index is 0.848. The van der Waals surface area contributed by atoms with Crippen LogP contribution in [-0.4, -0.2) is 14.5 Å². The van der Waals surface area contributed by atoms with Crippen LogP contribution in [0.5, 0.6) is 0 Å². The molecule has 1 aliphatic heterocycles. The van der Waals surface area contributed by atoms with Gasteiger partial charge in [0.2, 0.25) is 0 Å². The third-order valence-corrected chi connectivity index (χ3v) is 9.16. The highest BCUT2D eigenvalue weighted by molar-refractivity contribution is 6.15. The van der Waals surface area contributed by atoms with Crippen LogP contribution >= 0.6 is 0 Å². The maximum Gasteiger partial charge on any atom is 0.145 e. The van der Waals surface area contributed by atoms with E-state index in [1.807, 2.05) is 56.5 Å². The molecule has 6 aromatic carbocycles. The summed E-state index contributed by atoms with van der Waals surface area (Å²) in [6.45, 7) is 8.24. The lowest BCUT2D eigenvalue weighted by Gasteiger charge is -2.17. The molecule has 0 spiro atoms. The quantitative estimate of drug-likeness (QED) is 0.137. The first-order valence-corrected chi connectivity index (χ1v) is 17.5. The van der Waals surface area contributed by atoms with Gasteiger partial charge in [-0.2, -0.15) is 0 Å². The van der Waals surface area contributed by atoms with Crippen LogP contribution in [-0.2, 0) is 6.42 Å². The Kier molecular flexibility index (Phi) is 9.48. The van der Waals surface area contributed by atoms with Gasteiger partial charge in [0, 0.05) is 18.0 Å². The molecule has 2 bridgehead atoms. The van der Waals surface area contributed by atoms with E-state index >= 15 is 0 Å². The Balaban J connectivity index is 0.00000193. The van der Waals surface area contributed by atoms with Crippen molar-refractivity contribution >= 4 is 55.6 Å². The summed E-state index contributed by atoms with van der Waals surface area (Å²) < 4.78 is 2.14. The molecule has 50 heavy (non-hydrogen) atoms. The first kappa shape index (κ1) is 32.5. The van der Waals surface area contributed by atoms with Crippen molar-refractivity contribution in [1.82, 2.24) is 14.5 Å². The number of aromatic nitrogens is 3. The van der Waals surface area contributed by atoms with Gasteiger partial charge in [0.15, 0.2) is 0 Å². The standard InChI is InChI=1S/C45H35N3.C2H6/c1-3-12-31(2)20-25-39-37-14-4-6-16-40(37)44(41-17-7-5-15-38(39)41)34-23-21-33-30-35(24-22-32(33)29-34)45-47-36-13-10-11-28-48(45)43-19-9-8-18-42(43)46-27-26-36;1-2/h3-24,26-30H,25H2,1-2H3;1-2H3/b12-3-,13-10-,28-11-,31-20-,36-26?,46-27?,47-45?;. The fraction of sp³-hybridized carbons (Fsp3) is 0.106. The molecule has 3 heteroatoms. The second-order valence-corrected chi connectivity index (χ2v) is 12.2. The maximum atomic E-state index is 5.14. The molecular formula is C47H41N3. The van der Waals surface area contributed by atoms with Crippen molar-refractivity contribution in [3.8, 4) is 22.5 Å². The van der Waals surface area contributed by atoms with Gasteiger partial charge in [-0.05, 0) is 112 Å². The van der Waals surface area contributed by atoms with E-state index in [9.17, 15) is 0 Å². The predicted molar refractivity (Wildman–Crippen MR) is 217 cm³/mol. The Morgan fingerprint density at radius 3 is 2.06 bits per heavy atom. The monoisotopic (exact) mass is 647 g/mol. The van der Waals surface area contributed by atoms with Gasteiger partial charge >= 0.3 is 0 Å². The number of hydrogen-bond acceptors (Lipinski definition) is 2. The normalized spacial score (nSPS) is 13.6. The fourth-order valence-corrected chi connectivity index (χ4v) is 6.92. The zero-order valence-corrected chi connectivity index (χ0v) is 29.1. The predicted octanol–water partition coefficient (Wildman–Crippen LogP) is 12.9. The minimum Gasteiger partial charge on any atom is -0.299 e. The summed E-state index contributed by atoms with van der Waals surface area (Å²) in [7, 11) is 0. The lowest BCUT2D eigenvalue weighted by atomic mass is 9.86. The van der Waals surface area contributed by atoms with E-state index in [1.165, 1.54) is 54.6 Å². The number of para-hydroxylation sites is 2. The highest BCUT2D eigenvalue weighted by Crippen LogP contribution is 2.41. The highest BCUT2D eigenvalue weighted by Gasteiger charge is 2.16. The second-order valence-electron chi connectivity index (χ2n) is 12.2.